The number of methoxy groups -OCH3 is 2. The molecule has 0 saturated carbocycles. The molecule has 0 saturated heterocycles. The van der Waals surface area contributed by atoms with Crippen LogP contribution in [0.5, 0.6) is 11.5 Å². The Morgan fingerprint density at radius 3 is 2.41 bits per heavy atom. The number of aldehydes is 1. The number of hydrogen-bond donors (Lipinski definition) is 1. The van der Waals surface area contributed by atoms with Crippen molar-refractivity contribution in [3.8, 4) is 11.5 Å². The third-order valence-corrected chi connectivity index (χ3v) is 2.39. The molecule has 1 aromatic rings. The Labute approximate surface area is 99.7 Å². The van der Waals surface area contributed by atoms with E-state index >= 15 is 0 Å². The van der Waals surface area contributed by atoms with Gasteiger partial charge in [-0.1, -0.05) is 0 Å². The van der Waals surface area contributed by atoms with Gasteiger partial charge in [-0.3, -0.25) is 9.59 Å². The molecule has 5 heteroatoms. The Hall–Kier alpha value is -2.04. The van der Waals surface area contributed by atoms with Crippen LogP contribution in [-0.4, -0.2) is 26.4 Å². The van der Waals surface area contributed by atoms with Crippen molar-refractivity contribution in [1.82, 2.24) is 0 Å². The standard InChI is InChI=1S/C12H15NO4/c1-7-9(6-14)10(13-8(2)15)5-11(16-3)12(7)17-4/h5-6H,1-4H3,(H,13,15). The fourth-order valence-electron chi connectivity index (χ4n) is 1.63. The number of hydrogen-bond acceptors (Lipinski definition) is 4. The fourth-order valence-corrected chi connectivity index (χ4v) is 1.63. The molecule has 1 rings (SSSR count). The zero-order valence-corrected chi connectivity index (χ0v) is 10.3. The number of carbonyl (C=O) groups is 2. The van der Waals surface area contributed by atoms with Crippen molar-refractivity contribution in [2.75, 3.05) is 19.5 Å². The van der Waals surface area contributed by atoms with Gasteiger partial charge in [-0.2, -0.15) is 0 Å². The highest BCUT2D eigenvalue weighted by Crippen LogP contribution is 2.37. The minimum atomic E-state index is -0.250. The van der Waals surface area contributed by atoms with Gasteiger partial charge in [0.05, 0.1) is 19.9 Å². The molecule has 0 aliphatic carbocycles. The van der Waals surface area contributed by atoms with Gasteiger partial charge in [0.1, 0.15) is 0 Å². The van der Waals surface area contributed by atoms with Gasteiger partial charge in [0.15, 0.2) is 17.8 Å². The molecule has 92 valence electrons. The summed E-state index contributed by atoms with van der Waals surface area (Å²) in [4.78, 5) is 22.1. The van der Waals surface area contributed by atoms with Crippen LogP contribution in [0.1, 0.15) is 22.8 Å². The molecule has 0 spiro atoms. The number of benzene rings is 1. The predicted molar refractivity (Wildman–Crippen MR) is 64.0 cm³/mol. The molecule has 1 aromatic carbocycles. The Kier molecular flexibility index (Phi) is 4.09. The maximum atomic E-state index is 11.0. The Morgan fingerprint density at radius 2 is 2.00 bits per heavy atom. The lowest BCUT2D eigenvalue weighted by Gasteiger charge is -2.15. The second-order valence-electron chi connectivity index (χ2n) is 3.50. The summed E-state index contributed by atoms with van der Waals surface area (Å²) in [6.07, 6.45) is 0.683. The maximum absolute atomic E-state index is 11.0. The highest BCUT2D eigenvalue weighted by molar-refractivity contribution is 5.97. The average molecular weight is 237 g/mol. The van der Waals surface area contributed by atoms with Crippen LogP contribution in [0.15, 0.2) is 6.07 Å². The molecular formula is C12H15NO4. The van der Waals surface area contributed by atoms with E-state index in [0.29, 0.717) is 34.6 Å². The molecule has 0 fully saturated rings. The van der Waals surface area contributed by atoms with Crippen molar-refractivity contribution in [2.24, 2.45) is 0 Å². The van der Waals surface area contributed by atoms with Crippen molar-refractivity contribution in [2.45, 2.75) is 13.8 Å². The second kappa shape index (κ2) is 5.34. The lowest BCUT2D eigenvalue weighted by Crippen LogP contribution is -2.10. The van der Waals surface area contributed by atoms with E-state index in [9.17, 15) is 9.59 Å². The number of carbonyl (C=O) groups excluding carboxylic acids is 2. The second-order valence-corrected chi connectivity index (χ2v) is 3.50. The first kappa shape index (κ1) is 13.0. The van der Waals surface area contributed by atoms with Crippen molar-refractivity contribution in [3.63, 3.8) is 0 Å². The first-order valence-corrected chi connectivity index (χ1v) is 5.03. The molecule has 17 heavy (non-hydrogen) atoms. The van der Waals surface area contributed by atoms with Gasteiger partial charge in [-0.25, -0.2) is 0 Å². The normalized spacial score (nSPS) is 9.65. The third-order valence-electron chi connectivity index (χ3n) is 2.39. The fraction of sp³-hybridized carbons (Fsp3) is 0.333. The lowest BCUT2D eigenvalue weighted by atomic mass is 10.1. The van der Waals surface area contributed by atoms with Gasteiger partial charge in [0.25, 0.3) is 0 Å². The van der Waals surface area contributed by atoms with Crippen molar-refractivity contribution in [3.05, 3.63) is 17.2 Å². The lowest BCUT2D eigenvalue weighted by molar-refractivity contribution is -0.114. The molecule has 1 N–H and O–H groups in total. The maximum Gasteiger partial charge on any atom is 0.221 e. The van der Waals surface area contributed by atoms with Crippen LogP contribution in [0.2, 0.25) is 0 Å². The van der Waals surface area contributed by atoms with E-state index in [1.54, 1.807) is 13.0 Å². The number of amides is 1. The summed E-state index contributed by atoms with van der Waals surface area (Å²) in [6.45, 7) is 3.11. The van der Waals surface area contributed by atoms with Gasteiger partial charge in [0.2, 0.25) is 5.91 Å². The van der Waals surface area contributed by atoms with Gasteiger partial charge in [0, 0.05) is 24.1 Å². The van der Waals surface area contributed by atoms with Crippen LogP contribution < -0.4 is 14.8 Å². The summed E-state index contributed by atoms with van der Waals surface area (Å²) in [6, 6.07) is 1.57. The molecule has 0 aliphatic heterocycles. The molecule has 1 amide bonds. The summed E-state index contributed by atoms with van der Waals surface area (Å²) in [5, 5.41) is 2.59. The van der Waals surface area contributed by atoms with E-state index in [0.717, 1.165) is 0 Å². The van der Waals surface area contributed by atoms with Gasteiger partial charge in [-0.05, 0) is 6.92 Å². The van der Waals surface area contributed by atoms with E-state index in [1.165, 1.54) is 21.1 Å². The zero-order chi connectivity index (χ0) is 13.0. The molecule has 0 unspecified atom stereocenters. The Balaban J connectivity index is 3.44. The molecule has 0 heterocycles. The Morgan fingerprint density at radius 1 is 1.35 bits per heavy atom. The summed E-state index contributed by atoms with van der Waals surface area (Å²) in [7, 11) is 2.99. The smallest absolute Gasteiger partial charge is 0.221 e. The number of anilines is 1. The van der Waals surface area contributed by atoms with Crippen LogP contribution >= 0.6 is 0 Å². The summed E-state index contributed by atoms with van der Waals surface area (Å²) in [5.41, 5.74) is 1.44. The van der Waals surface area contributed by atoms with Gasteiger partial charge >= 0.3 is 0 Å². The first-order chi connectivity index (χ1) is 8.04. The average Bonchev–Trinajstić information content (AvgIpc) is 2.28. The summed E-state index contributed by atoms with van der Waals surface area (Å²) in [5.74, 6) is 0.711. The van der Waals surface area contributed by atoms with E-state index < -0.39 is 0 Å². The van der Waals surface area contributed by atoms with Gasteiger partial charge in [-0.15, -0.1) is 0 Å². The van der Waals surface area contributed by atoms with Crippen LogP contribution in [0.4, 0.5) is 5.69 Å². The molecule has 0 atom stereocenters. The molecule has 0 bridgehead atoms. The van der Waals surface area contributed by atoms with Crippen molar-refractivity contribution < 1.29 is 19.1 Å². The molecule has 0 aromatic heterocycles. The van der Waals surface area contributed by atoms with E-state index in [-0.39, 0.29) is 5.91 Å². The highest BCUT2D eigenvalue weighted by Gasteiger charge is 2.16. The minimum Gasteiger partial charge on any atom is -0.493 e. The predicted octanol–water partition coefficient (Wildman–Crippen LogP) is 1.78. The van der Waals surface area contributed by atoms with E-state index in [4.69, 9.17) is 9.47 Å². The molecule has 5 nitrogen and oxygen atoms in total. The minimum absolute atomic E-state index is 0.250. The van der Waals surface area contributed by atoms with Crippen LogP contribution in [0.3, 0.4) is 0 Å². The monoisotopic (exact) mass is 237 g/mol. The highest BCUT2D eigenvalue weighted by atomic mass is 16.5. The Bertz CT molecular complexity index is 454. The number of nitrogens with one attached hydrogen (secondary N) is 1. The largest absolute Gasteiger partial charge is 0.493 e. The number of rotatable bonds is 4. The van der Waals surface area contributed by atoms with E-state index in [2.05, 4.69) is 5.32 Å². The van der Waals surface area contributed by atoms with Crippen LogP contribution in [0, 0.1) is 6.92 Å². The van der Waals surface area contributed by atoms with Crippen molar-refractivity contribution in [1.29, 1.82) is 0 Å². The van der Waals surface area contributed by atoms with E-state index in [1.807, 2.05) is 0 Å². The van der Waals surface area contributed by atoms with Crippen LogP contribution in [0.25, 0.3) is 0 Å². The first-order valence-electron chi connectivity index (χ1n) is 5.03. The number of ether oxygens (including phenoxy) is 2. The van der Waals surface area contributed by atoms with Crippen LogP contribution in [-0.2, 0) is 4.79 Å². The zero-order valence-electron chi connectivity index (χ0n) is 10.3. The quantitative estimate of drug-likeness (QED) is 0.811. The van der Waals surface area contributed by atoms with Crippen molar-refractivity contribution >= 4 is 17.9 Å². The third kappa shape index (κ3) is 2.55. The molecular weight excluding hydrogens is 222 g/mol. The summed E-state index contributed by atoms with van der Waals surface area (Å²) >= 11 is 0. The summed E-state index contributed by atoms with van der Waals surface area (Å²) < 4.78 is 10.3. The van der Waals surface area contributed by atoms with Gasteiger partial charge < -0.3 is 14.8 Å². The molecule has 0 aliphatic rings. The topological polar surface area (TPSA) is 64.6 Å². The molecule has 0 radical (unpaired) electrons. The SMILES string of the molecule is COc1cc(NC(C)=O)c(C=O)c(C)c1OC.